The lowest BCUT2D eigenvalue weighted by Gasteiger charge is -2.46. The molecule has 1 saturated heterocycles. The molecule has 0 aromatic heterocycles. The number of benzene rings is 2. The van der Waals surface area contributed by atoms with Crippen LogP contribution in [0.5, 0.6) is 0 Å². The van der Waals surface area contributed by atoms with Crippen molar-refractivity contribution < 1.29 is 9.16 Å². The molecule has 2 nitrogen and oxygen atoms in total. The van der Waals surface area contributed by atoms with Gasteiger partial charge in [-0.15, -0.1) is 6.58 Å². The van der Waals surface area contributed by atoms with Crippen molar-refractivity contribution in [3.63, 3.8) is 0 Å². The summed E-state index contributed by atoms with van der Waals surface area (Å²) in [5.74, 6) is 0.476. The zero-order valence-corrected chi connectivity index (χ0v) is 20.7. The predicted octanol–water partition coefficient (Wildman–Crippen LogP) is 5.71. The monoisotopic (exact) mass is 434 g/mol. The van der Waals surface area contributed by atoms with E-state index in [2.05, 4.69) is 101 Å². The molecule has 2 aromatic carbocycles. The van der Waals surface area contributed by atoms with Gasteiger partial charge in [-0.3, -0.25) is 0 Å². The Kier molecular flexibility index (Phi) is 6.06. The molecular formula is C28H38O2Si. The van der Waals surface area contributed by atoms with Gasteiger partial charge in [0.1, 0.15) is 0 Å². The molecular weight excluding hydrogens is 396 g/mol. The SMILES string of the molecule is C=C[C@]1(C)CCCC2(CO2)[C@H]1CCO[Si](c1ccccc1)(c1ccccc1)C(C)(C)C. The van der Waals surface area contributed by atoms with Gasteiger partial charge in [-0.05, 0) is 46.5 Å². The molecule has 0 radical (unpaired) electrons. The van der Waals surface area contributed by atoms with E-state index in [1.54, 1.807) is 0 Å². The van der Waals surface area contributed by atoms with Gasteiger partial charge in [-0.2, -0.15) is 0 Å². The second-order valence-corrected chi connectivity index (χ2v) is 15.1. The number of epoxide rings is 1. The quantitative estimate of drug-likeness (QED) is 0.316. The molecule has 1 spiro atoms. The molecule has 1 saturated carbocycles. The summed E-state index contributed by atoms with van der Waals surface area (Å²) in [6.45, 7) is 15.3. The van der Waals surface area contributed by atoms with Crippen LogP contribution in [0.3, 0.4) is 0 Å². The van der Waals surface area contributed by atoms with Gasteiger partial charge in [0.25, 0.3) is 8.32 Å². The maximum atomic E-state index is 7.18. The van der Waals surface area contributed by atoms with Crippen LogP contribution in [-0.4, -0.2) is 27.1 Å². The highest BCUT2D eigenvalue weighted by molar-refractivity contribution is 6.99. The van der Waals surface area contributed by atoms with E-state index in [0.29, 0.717) is 5.92 Å². The van der Waals surface area contributed by atoms with Crippen LogP contribution in [0.1, 0.15) is 53.4 Å². The molecule has 1 unspecified atom stereocenters. The molecule has 1 heterocycles. The Bertz CT molecular complexity index is 843. The highest BCUT2D eigenvalue weighted by Crippen LogP contribution is 2.56. The van der Waals surface area contributed by atoms with Crippen LogP contribution in [0.25, 0.3) is 0 Å². The fraction of sp³-hybridized carbons (Fsp3) is 0.500. The molecule has 2 aromatic rings. The number of hydrogen-bond acceptors (Lipinski definition) is 2. The Hall–Kier alpha value is -1.68. The largest absolute Gasteiger partial charge is 0.407 e. The first-order valence-corrected chi connectivity index (χ1v) is 13.7. The Labute approximate surface area is 189 Å². The average Bonchev–Trinajstić information content (AvgIpc) is 3.53. The van der Waals surface area contributed by atoms with Gasteiger partial charge in [-0.1, -0.05) is 94.4 Å². The van der Waals surface area contributed by atoms with Gasteiger partial charge >= 0.3 is 0 Å². The van der Waals surface area contributed by atoms with Crippen molar-refractivity contribution in [2.24, 2.45) is 11.3 Å². The predicted molar refractivity (Wildman–Crippen MR) is 133 cm³/mol. The average molecular weight is 435 g/mol. The van der Waals surface area contributed by atoms with E-state index in [0.717, 1.165) is 19.6 Å². The molecule has 2 fully saturated rings. The first-order valence-electron chi connectivity index (χ1n) is 11.8. The van der Waals surface area contributed by atoms with Crippen molar-refractivity contribution in [1.82, 2.24) is 0 Å². The molecule has 0 N–H and O–H groups in total. The first kappa shape index (κ1) is 22.5. The van der Waals surface area contributed by atoms with Gasteiger partial charge in [0.15, 0.2) is 0 Å². The Morgan fingerprint density at radius 3 is 2.03 bits per heavy atom. The van der Waals surface area contributed by atoms with Crippen molar-refractivity contribution in [2.75, 3.05) is 13.2 Å². The number of hydrogen-bond donors (Lipinski definition) is 0. The fourth-order valence-electron chi connectivity index (χ4n) is 6.08. The molecule has 3 atom stereocenters. The summed E-state index contributed by atoms with van der Waals surface area (Å²) in [5.41, 5.74) is 0.194. The van der Waals surface area contributed by atoms with Crippen LogP contribution in [-0.2, 0) is 9.16 Å². The van der Waals surface area contributed by atoms with Crippen molar-refractivity contribution >= 4 is 18.7 Å². The minimum absolute atomic E-state index is 0.0117. The molecule has 4 rings (SSSR count). The third-order valence-electron chi connectivity index (χ3n) is 7.87. The zero-order valence-electron chi connectivity index (χ0n) is 19.7. The van der Waals surface area contributed by atoms with Crippen molar-refractivity contribution in [3.05, 3.63) is 73.3 Å². The molecule has 1 aliphatic carbocycles. The van der Waals surface area contributed by atoms with Crippen LogP contribution < -0.4 is 10.4 Å². The number of ether oxygens (including phenoxy) is 1. The summed E-state index contributed by atoms with van der Waals surface area (Å²) >= 11 is 0. The van der Waals surface area contributed by atoms with Gasteiger partial charge in [0.05, 0.1) is 12.2 Å². The summed E-state index contributed by atoms with van der Waals surface area (Å²) in [6, 6.07) is 21.9. The van der Waals surface area contributed by atoms with Crippen LogP contribution >= 0.6 is 0 Å². The van der Waals surface area contributed by atoms with E-state index < -0.39 is 8.32 Å². The van der Waals surface area contributed by atoms with E-state index >= 15 is 0 Å². The summed E-state index contributed by atoms with van der Waals surface area (Å²) in [5, 5.41) is 2.71. The Morgan fingerprint density at radius 1 is 1.03 bits per heavy atom. The summed E-state index contributed by atoms with van der Waals surface area (Å²) in [4.78, 5) is 0. The van der Waals surface area contributed by atoms with Gasteiger partial charge < -0.3 is 9.16 Å². The molecule has 0 amide bonds. The van der Waals surface area contributed by atoms with Gasteiger partial charge in [-0.25, -0.2) is 0 Å². The highest BCUT2D eigenvalue weighted by Gasteiger charge is 2.59. The summed E-state index contributed by atoms with van der Waals surface area (Å²) in [7, 11) is -2.48. The summed E-state index contributed by atoms with van der Waals surface area (Å²) < 4.78 is 13.3. The topological polar surface area (TPSA) is 21.8 Å². The van der Waals surface area contributed by atoms with Crippen LogP contribution in [0, 0.1) is 11.3 Å². The third kappa shape index (κ3) is 3.97. The van der Waals surface area contributed by atoms with E-state index in [4.69, 9.17) is 9.16 Å². The molecule has 3 heteroatoms. The van der Waals surface area contributed by atoms with E-state index in [-0.39, 0.29) is 16.1 Å². The Balaban J connectivity index is 1.67. The van der Waals surface area contributed by atoms with Crippen LogP contribution in [0.15, 0.2) is 73.3 Å². The maximum Gasteiger partial charge on any atom is 0.261 e. The van der Waals surface area contributed by atoms with Gasteiger partial charge in [0.2, 0.25) is 0 Å². The van der Waals surface area contributed by atoms with Crippen molar-refractivity contribution in [2.45, 2.75) is 64.0 Å². The van der Waals surface area contributed by atoms with Crippen LogP contribution in [0.2, 0.25) is 5.04 Å². The maximum absolute atomic E-state index is 7.18. The van der Waals surface area contributed by atoms with Crippen molar-refractivity contribution in [3.8, 4) is 0 Å². The lowest BCUT2D eigenvalue weighted by Crippen LogP contribution is -2.66. The fourth-order valence-corrected chi connectivity index (χ4v) is 10.7. The van der Waals surface area contributed by atoms with Crippen molar-refractivity contribution in [1.29, 1.82) is 0 Å². The molecule has 1 aliphatic heterocycles. The number of rotatable bonds is 7. The molecule has 31 heavy (non-hydrogen) atoms. The second kappa shape index (κ2) is 8.35. The van der Waals surface area contributed by atoms with Gasteiger partial charge in [0, 0.05) is 12.5 Å². The lowest BCUT2D eigenvalue weighted by molar-refractivity contribution is 0.0460. The minimum Gasteiger partial charge on any atom is -0.407 e. The van der Waals surface area contributed by atoms with E-state index in [9.17, 15) is 0 Å². The van der Waals surface area contributed by atoms with E-state index in [1.807, 2.05) is 0 Å². The van der Waals surface area contributed by atoms with Crippen LogP contribution in [0.4, 0.5) is 0 Å². The number of allylic oxidation sites excluding steroid dienone is 1. The smallest absolute Gasteiger partial charge is 0.261 e. The Morgan fingerprint density at radius 2 is 1.58 bits per heavy atom. The van der Waals surface area contributed by atoms with E-state index in [1.165, 1.54) is 29.6 Å². The standard InChI is InChI=1S/C28H38O2Si/c1-6-27(5)19-13-20-28(22-29-28)25(27)18-21-30-31(26(2,3)4,23-14-9-7-10-15-23)24-16-11-8-12-17-24/h6-12,14-17,25H,1,13,18-22H2,2-5H3/t25-,27+,28?/m0/s1. The molecule has 0 bridgehead atoms. The zero-order chi connectivity index (χ0) is 22.2. The lowest BCUT2D eigenvalue weighted by atomic mass is 9.61. The normalized spacial score (nSPS) is 28.5. The third-order valence-corrected chi connectivity index (χ3v) is 12.9. The second-order valence-electron chi connectivity index (χ2n) is 10.8. The first-order chi connectivity index (χ1) is 14.8. The minimum atomic E-state index is -2.48. The summed E-state index contributed by atoms with van der Waals surface area (Å²) in [6.07, 6.45) is 6.82. The molecule has 166 valence electrons. The highest BCUT2D eigenvalue weighted by atomic mass is 28.4. The molecule has 2 aliphatic rings.